The van der Waals surface area contributed by atoms with Gasteiger partial charge in [-0.1, -0.05) is 6.92 Å². The van der Waals surface area contributed by atoms with Crippen LogP contribution >= 0.6 is 24.8 Å². The van der Waals surface area contributed by atoms with E-state index >= 15 is 0 Å². The molecule has 1 aliphatic heterocycles. The van der Waals surface area contributed by atoms with Crippen molar-refractivity contribution in [2.45, 2.75) is 64.0 Å². The molecule has 0 aromatic rings. The highest BCUT2D eigenvalue weighted by Gasteiger charge is 2.32. The molecule has 2 amide bonds. The molecule has 3 N–H and O–H groups in total. The van der Waals surface area contributed by atoms with E-state index < -0.39 is 0 Å². The van der Waals surface area contributed by atoms with Gasteiger partial charge in [-0.3, -0.25) is 14.5 Å². The monoisotopic (exact) mass is 422 g/mol. The SMILES string of the molecule is CC1CCC(NC(=O)CN2CCN(C(=O)C3CCC(N)C3)CC2)CC1.Cl.Cl. The lowest BCUT2D eigenvalue weighted by Crippen LogP contribution is -2.53. The molecule has 2 atom stereocenters. The minimum Gasteiger partial charge on any atom is -0.352 e. The van der Waals surface area contributed by atoms with Gasteiger partial charge in [-0.15, -0.1) is 24.8 Å². The summed E-state index contributed by atoms with van der Waals surface area (Å²) in [7, 11) is 0. The number of carbonyl (C=O) groups is 2. The zero-order valence-electron chi connectivity index (χ0n) is 16.4. The van der Waals surface area contributed by atoms with Crippen LogP contribution in [0.1, 0.15) is 51.9 Å². The lowest BCUT2D eigenvalue weighted by atomic mass is 9.87. The predicted octanol–water partition coefficient (Wildman–Crippen LogP) is 1.80. The summed E-state index contributed by atoms with van der Waals surface area (Å²) < 4.78 is 0. The Balaban J connectivity index is 0.00000182. The molecule has 1 saturated heterocycles. The van der Waals surface area contributed by atoms with E-state index in [4.69, 9.17) is 5.73 Å². The summed E-state index contributed by atoms with van der Waals surface area (Å²) in [5.41, 5.74) is 5.93. The van der Waals surface area contributed by atoms with Crippen LogP contribution in [-0.2, 0) is 9.59 Å². The van der Waals surface area contributed by atoms with E-state index in [0.717, 1.165) is 64.2 Å². The number of hydrogen-bond donors (Lipinski definition) is 2. The van der Waals surface area contributed by atoms with Crippen molar-refractivity contribution < 1.29 is 9.59 Å². The second-order valence-electron chi connectivity index (χ2n) is 8.40. The molecule has 8 heteroatoms. The first-order valence-electron chi connectivity index (χ1n) is 10.1. The molecule has 1 heterocycles. The van der Waals surface area contributed by atoms with E-state index in [9.17, 15) is 9.59 Å². The highest BCUT2D eigenvalue weighted by molar-refractivity contribution is 5.85. The van der Waals surface area contributed by atoms with Gasteiger partial charge in [0.25, 0.3) is 0 Å². The first-order chi connectivity index (χ1) is 12.0. The van der Waals surface area contributed by atoms with Gasteiger partial charge < -0.3 is 16.0 Å². The maximum absolute atomic E-state index is 12.5. The fourth-order valence-corrected chi connectivity index (χ4v) is 4.51. The van der Waals surface area contributed by atoms with Crippen LogP contribution in [0.2, 0.25) is 0 Å². The van der Waals surface area contributed by atoms with Crippen molar-refractivity contribution in [2.75, 3.05) is 32.7 Å². The molecule has 0 radical (unpaired) electrons. The Morgan fingerprint density at radius 2 is 1.59 bits per heavy atom. The van der Waals surface area contributed by atoms with Gasteiger partial charge >= 0.3 is 0 Å². The molecule has 2 saturated carbocycles. The van der Waals surface area contributed by atoms with E-state index in [-0.39, 0.29) is 48.6 Å². The molecule has 27 heavy (non-hydrogen) atoms. The maximum Gasteiger partial charge on any atom is 0.234 e. The molecule has 0 aromatic carbocycles. The average Bonchev–Trinajstić information content (AvgIpc) is 3.03. The highest BCUT2D eigenvalue weighted by atomic mass is 35.5. The van der Waals surface area contributed by atoms with Gasteiger partial charge in [0.15, 0.2) is 0 Å². The number of amides is 2. The van der Waals surface area contributed by atoms with Crippen molar-refractivity contribution in [1.29, 1.82) is 0 Å². The van der Waals surface area contributed by atoms with E-state index in [1.165, 1.54) is 12.8 Å². The number of piperazine rings is 1. The molecule has 2 aliphatic carbocycles. The average molecular weight is 423 g/mol. The summed E-state index contributed by atoms with van der Waals surface area (Å²) in [5, 5.41) is 3.20. The maximum atomic E-state index is 12.5. The first-order valence-corrected chi connectivity index (χ1v) is 10.1. The lowest BCUT2D eigenvalue weighted by Gasteiger charge is -2.36. The van der Waals surface area contributed by atoms with Crippen molar-refractivity contribution in [3.63, 3.8) is 0 Å². The van der Waals surface area contributed by atoms with Crippen molar-refractivity contribution >= 4 is 36.6 Å². The van der Waals surface area contributed by atoms with Gasteiger partial charge in [0, 0.05) is 44.2 Å². The molecule has 2 unspecified atom stereocenters. The molecule has 3 aliphatic rings. The summed E-state index contributed by atoms with van der Waals surface area (Å²) in [6.45, 7) is 5.80. The highest BCUT2D eigenvalue weighted by Crippen LogP contribution is 2.26. The molecule has 3 rings (SSSR count). The predicted molar refractivity (Wildman–Crippen MR) is 112 cm³/mol. The van der Waals surface area contributed by atoms with Crippen molar-refractivity contribution in [3.8, 4) is 0 Å². The van der Waals surface area contributed by atoms with E-state index in [1.807, 2.05) is 4.90 Å². The Kier molecular flexibility index (Phi) is 10.4. The molecule has 3 fully saturated rings. The minimum absolute atomic E-state index is 0. The summed E-state index contributed by atoms with van der Waals surface area (Å²) in [6, 6.07) is 0.555. The fraction of sp³-hybridized carbons (Fsp3) is 0.895. The number of rotatable bonds is 4. The van der Waals surface area contributed by atoms with Crippen molar-refractivity contribution in [3.05, 3.63) is 0 Å². The van der Waals surface area contributed by atoms with Crippen LogP contribution in [0, 0.1) is 11.8 Å². The fourth-order valence-electron chi connectivity index (χ4n) is 4.51. The topological polar surface area (TPSA) is 78.7 Å². The normalized spacial score (nSPS) is 31.6. The summed E-state index contributed by atoms with van der Waals surface area (Å²) in [5.74, 6) is 1.33. The van der Waals surface area contributed by atoms with Crippen LogP contribution in [0.25, 0.3) is 0 Å². The summed E-state index contributed by atoms with van der Waals surface area (Å²) in [4.78, 5) is 29.0. The van der Waals surface area contributed by atoms with Crippen molar-refractivity contribution in [1.82, 2.24) is 15.1 Å². The van der Waals surface area contributed by atoms with Crippen LogP contribution < -0.4 is 11.1 Å². The zero-order chi connectivity index (χ0) is 17.8. The quantitative estimate of drug-likeness (QED) is 0.723. The molecule has 0 spiro atoms. The number of nitrogens with two attached hydrogens (primary N) is 1. The Bertz CT molecular complexity index is 478. The molecule has 158 valence electrons. The van der Waals surface area contributed by atoms with Gasteiger partial charge in [0.2, 0.25) is 11.8 Å². The van der Waals surface area contributed by atoms with Gasteiger partial charge in [-0.05, 0) is 50.9 Å². The van der Waals surface area contributed by atoms with E-state index in [0.29, 0.717) is 12.6 Å². The third kappa shape index (κ3) is 7.08. The van der Waals surface area contributed by atoms with Crippen LogP contribution in [0.15, 0.2) is 0 Å². The van der Waals surface area contributed by atoms with Gasteiger partial charge in [0.1, 0.15) is 0 Å². The molecular formula is C19H36Cl2N4O2. The second-order valence-corrected chi connectivity index (χ2v) is 8.40. The molecule has 6 nitrogen and oxygen atoms in total. The molecule has 0 aromatic heterocycles. The van der Waals surface area contributed by atoms with E-state index in [1.54, 1.807) is 0 Å². The van der Waals surface area contributed by atoms with Crippen molar-refractivity contribution in [2.24, 2.45) is 17.6 Å². The Morgan fingerprint density at radius 3 is 2.15 bits per heavy atom. The third-order valence-corrected chi connectivity index (χ3v) is 6.25. The van der Waals surface area contributed by atoms with Crippen LogP contribution in [0.4, 0.5) is 0 Å². The Labute approximate surface area is 175 Å². The number of halogens is 2. The number of nitrogens with zero attached hydrogens (tertiary/aromatic N) is 2. The van der Waals surface area contributed by atoms with Crippen LogP contribution in [0.5, 0.6) is 0 Å². The summed E-state index contributed by atoms with van der Waals surface area (Å²) in [6.07, 6.45) is 7.39. The second kappa shape index (κ2) is 11.4. The first kappa shape index (κ1) is 24.5. The number of nitrogens with one attached hydrogen (secondary N) is 1. The molecular weight excluding hydrogens is 387 g/mol. The Morgan fingerprint density at radius 1 is 0.963 bits per heavy atom. The zero-order valence-corrected chi connectivity index (χ0v) is 18.0. The van der Waals surface area contributed by atoms with Crippen LogP contribution in [0.3, 0.4) is 0 Å². The van der Waals surface area contributed by atoms with Gasteiger partial charge in [-0.2, -0.15) is 0 Å². The third-order valence-electron chi connectivity index (χ3n) is 6.25. The van der Waals surface area contributed by atoms with Crippen LogP contribution in [-0.4, -0.2) is 66.4 Å². The van der Waals surface area contributed by atoms with Gasteiger partial charge in [0.05, 0.1) is 6.54 Å². The number of hydrogen-bond acceptors (Lipinski definition) is 4. The molecule has 0 bridgehead atoms. The standard InChI is InChI=1S/C19H34N4O2.2ClH/c1-14-2-6-17(7-3-14)21-18(24)13-22-8-10-23(11-9-22)19(25)15-4-5-16(20)12-15;;/h14-17H,2-13,20H2,1H3,(H,21,24);2*1H. The number of carbonyl (C=O) groups excluding carboxylic acids is 2. The smallest absolute Gasteiger partial charge is 0.234 e. The largest absolute Gasteiger partial charge is 0.352 e. The van der Waals surface area contributed by atoms with E-state index in [2.05, 4.69) is 17.1 Å². The van der Waals surface area contributed by atoms with Gasteiger partial charge in [-0.25, -0.2) is 0 Å². The summed E-state index contributed by atoms with van der Waals surface area (Å²) >= 11 is 0. The minimum atomic E-state index is 0. The lowest BCUT2D eigenvalue weighted by molar-refractivity contribution is -0.137. The Hall–Kier alpha value is -0.560.